The average molecular weight is 437 g/mol. The molecule has 2 amide bonds. The topological polar surface area (TPSA) is 138 Å². The van der Waals surface area contributed by atoms with E-state index in [-0.39, 0.29) is 9.22 Å². The van der Waals surface area contributed by atoms with E-state index in [0.29, 0.717) is 0 Å². The fraction of sp³-hybridized carbons (Fsp3) is 0.474. The van der Waals surface area contributed by atoms with Gasteiger partial charge >= 0.3 is 6.03 Å². The van der Waals surface area contributed by atoms with E-state index in [0.717, 1.165) is 66.7 Å². The number of nitrogens with zero attached hydrogens (tertiary/aromatic N) is 2. The molecule has 0 radical (unpaired) electrons. The number of thiazole rings is 1. The lowest BCUT2D eigenvalue weighted by Gasteiger charge is -2.16. The van der Waals surface area contributed by atoms with Crippen molar-refractivity contribution in [1.82, 2.24) is 4.98 Å². The highest BCUT2D eigenvalue weighted by molar-refractivity contribution is 7.93. The molecule has 1 aromatic heterocycles. The predicted octanol–water partition coefficient (Wildman–Crippen LogP) is 2.25. The quantitative estimate of drug-likeness (QED) is 0.582. The van der Waals surface area contributed by atoms with Crippen molar-refractivity contribution in [3.8, 4) is 0 Å². The lowest BCUT2D eigenvalue weighted by molar-refractivity contribution is -0.00244. The number of anilines is 1. The van der Waals surface area contributed by atoms with Crippen LogP contribution < -0.4 is 10.5 Å². The molecule has 2 atom stereocenters. The molecule has 0 saturated carbocycles. The second kappa shape index (κ2) is 7.44. The molecular weight excluding hydrogens is 412 g/mol. The van der Waals surface area contributed by atoms with E-state index in [2.05, 4.69) is 20.7 Å². The van der Waals surface area contributed by atoms with Gasteiger partial charge in [0.25, 0.3) is 0 Å². The zero-order valence-corrected chi connectivity index (χ0v) is 17.7. The maximum Gasteiger partial charge on any atom is 0.354 e. The Morgan fingerprint density at radius 3 is 2.52 bits per heavy atom. The van der Waals surface area contributed by atoms with Crippen molar-refractivity contribution < 1.29 is 19.2 Å². The molecule has 10 heteroatoms. The first-order valence-corrected chi connectivity index (χ1v) is 11.9. The van der Waals surface area contributed by atoms with Gasteiger partial charge in [0.05, 0.1) is 12.8 Å². The minimum Gasteiger partial charge on any atom is -0.393 e. The van der Waals surface area contributed by atoms with Crippen molar-refractivity contribution in [2.45, 2.75) is 55.3 Å². The highest BCUT2D eigenvalue weighted by Crippen LogP contribution is 2.38. The number of carbonyl (C=O) groups excluding carboxylic acids is 1. The van der Waals surface area contributed by atoms with Gasteiger partial charge in [0, 0.05) is 5.69 Å². The molecule has 4 rings (SSSR count). The van der Waals surface area contributed by atoms with E-state index in [4.69, 9.17) is 5.14 Å². The molecule has 2 aliphatic carbocycles. The van der Waals surface area contributed by atoms with Gasteiger partial charge in [-0.05, 0) is 67.7 Å². The van der Waals surface area contributed by atoms with Crippen LogP contribution in [0.4, 0.5) is 10.5 Å². The van der Waals surface area contributed by atoms with Crippen molar-refractivity contribution in [1.29, 1.82) is 0 Å². The van der Waals surface area contributed by atoms with Crippen LogP contribution in [0.2, 0.25) is 0 Å². The average Bonchev–Trinajstić information content (AvgIpc) is 3.40. The number of benzene rings is 1. The first-order valence-electron chi connectivity index (χ1n) is 9.53. The minimum absolute atomic E-state index is 0.0693. The molecule has 1 heterocycles. The Balaban J connectivity index is 1.63. The number of carbonyl (C=O) groups is 1. The lowest BCUT2D eigenvalue weighted by Crippen LogP contribution is -2.25. The standard InChI is InChI=1S/C19H24N4O4S2/c1-19(26,10-24)17-21-9-15(28-17)29(20,27)23-18(25)22-16-13-6-2-4-11(13)8-12-5-3-7-14(12)16/h8-9,24,26H,2-7,10H2,1H3,(H3,20,22,23,25,27)/t19-,29+/m0/s1. The Morgan fingerprint density at radius 1 is 1.31 bits per heavy atom. The van der Waals surface area contributed by atoms with Crippen molar-refractivity contribution >= 4 is 33.0 Å². The summed E-state index contributed by atoms with van der Waals surface area (Å²) < 4.78 is 16.7. The highest BCUT2D eigenvalue weighted by Gasteiger charge is 2.28. The number of amides is 2. The van der Waals surface area contributed by atoms with Gasteiger partial charge in [0.1, 0.15) is 14.8 Å². The normalized spacial score (nSPS) is 19.2. The number of aliphatic hydroxyl groups is 2. The number of hydrogen-bond acceptors (Lipinski definition) is 6. The number of nitrogens with two attached hydrogens (primary N) is 1. The van der Waals surface area contributed by atoms with Gasteiger partial charge in [0.2, 0.25) is 0 Å². The number of hydrogen-bond donors (Lipinski definition) is 4. The van der Waals surface area contributed by atoms with E-state index in [1.807, 2.05) is 0 Å². The second-order valence-corrected chi connectivity index (χ2v) is 10.8. The van der Waals surface area contributed by atoms with E-state index in [1.165, 1.54) is 24.2 Å². The van der Waals surface area contributed by atoms with Gasteiger partial charge < -0.3 is 15.5 Å². The van der Waals surface area contributed by atoms with E-state index in [9.17, 15) is 19.2 Å². The minimum atomic E-state index is -3.53. The van der Waals surface area contributed by atoms with Crippen molar-refractivity contribution in [3.63, 3.8) is 0 Å². The number of rotatable bonds is 4. The number of aromatic nitrogens is 1. The number of aryl methyl sites for hydroxylation is 2. The highest BCUT2D eigenvalue weighted by atomic mass is 32.2. The van der Waals surface area contributed by atoms with E-state index >= 15 is 0 Å². The Kier molecular flexibility index (Phi) is 5.24. The molecule has 1 aromatic carbocycles. The van der Waals surface area contributed by atoms with Gasteiger partial charge in [0.15, 0.2) is 9.92 Å². The summed E-state index contributed by atoms with van der Waals surface area (Å²) in [5.41, 5.74) is 4.07. The van der Waals surface area contributed by atoms with Crippen LogP contribution in [-0.4, -0.2) is 32.0 Å². The Bertz CT molecular complexity index is 1070. The summed E-state index contributed by atoms with van der Waals surface area (Å²) in [5, 5.41) is 28.2. The molecule has 5 N–H and O–H groups in total. The summed E-state index contributed by atoms with van der Waals surface area (Å²) in [7, 11) is -3.53. The van der Waals surface area contributed by atoms with Crippen LogP contribution in [0, 0.1) is 0 Å². The number of nitrogens with one attached hydrogen (secondary N) is 1. The summed E-state index contributed by atoms with van der Waals surface area (Å²) in [4.78, 5) is 16.6. The molecule has 0 bridgehead atoms. The van der Waals surface area contributed by atoms with Gasteiger partial charge in [-0.15, -0.1) is 15.7 Å². The molecule has 8 nitrogen and oxygen atoms in total. The Morgan fingerprint density at radius 2 is 1.93 bits per heavy atom. The Labute approximate surface area is 173 Å². The third kappa shape index (κ3) is 3.82. The lowest BCUT2D eigenvalue weighted by atomic mass is 9.99. The fourth-order valence-electron chi connectivity index (χ4n) is 3.98. The van der Waals surface area contributed by atoms with Crippen molar-refractivity contribution in [3.05, 3.63) is 39.5 Å². The zero-order chi connectivity index (χ0) is 20.8. The van der Waals surface area contributed by atoms with E-state index < -0.39 is 28.2 Å². The van der Waals surface area contributed by atoms with Crippen LogP contribution in [0.3, 0.4) is 0 Å². The maximum absolute atomic E-state index is 12.9. The molecular formula is C19H24N4O4S2. The van der Waals surface area contributed by atoms with Crippen LogP contribution in [0.25, 0.3) is 0 Å². The molecule has 0 fully saturated rings. The third-order valence-corrected chi connectivity index (χ3v) is 8.60. The first kappa shape index (κ1) is 20.4. The van der Waals surface area contributed by atoms with Gasteiger partial charge in [-0.3, -0.25) is 0 Å². The smallest absolute Gasteiger partial charge is 0.354 e. The van der Waals surface area contributed by atoms with E-state index in [1.54, 1.807) is 0 Å². The number of fused-ring (bicyclic) bond motifs is 2. The van der Waals surface area contributed by atoms with Gasteiger partial charge in [-0.1, -0.05) is 6.07 Å². The monoisotopic (exact) mass is 436 g/mol. The first-order chi connectivity index (χ1) is 13.7. The van der Waals surface area contributed by atoms with Gasteiger partial charge in [-0.25, -0.2) is 19.1 Å². The van der Waals surface area contributed by atoms with Crippen LogP contribution in [0.15, 0.2) is 20.8 Å². The summed E-state index contributed by atoms with van der Waals surface area (Å²) in [6, 6.07) is 1.51. The summed E-state index contributed by atoms with van der Waals surface area (Å²) in [6.07, 6.45) is 7.16. The summed E-state index contributed by atoms with van der Waals surface area (Å²) in [5.74, 6) is 0. The van der Waals surface area contributed by atoms with Crippen molar-refractivity contribution in [2.24, 2.45) is 9.50 Å². The zero-order valence-electron chi connectivity index (χ0n) is 16.1. The number of aliphatic hydroxyl groups excluding tert-OH is 1. The Hall–Kier alpha value is -1.85. The molecule has 156 valence electrons. The largest absolute Gasteiger partial charge is 0.393 e. The summed E-state index contributed by atoms with van der Waals surface area (Å²) >= 11 is 0.865. The van der Waals surface area contributed by atoms with Crippen LogP contribution in [0.1, 0.15) is 47.0 Å². The summed E-state index contributed by atoms with van der Waals surface area (Å²) in [6.45, 7) is 0.835. The molecule has 0 unspecified atom stereocenters. The maximum atomic E-state index is 12.9. The predicted molar refractivity (Wildman–Crippen MR) is 111 cm³/mol. The SMILES string of the molecule is C[C@](O)(CO)c1ncc([S@](N)(=O)=NC(=O)Nc2c3c(cc4c2CCC4)CCC3)s1. The molecule has 0 aliphatic heterocycles. The molecule has 0 saturated heterocycles. The van der Waals surface area contributed by atoms with Crippen LogP contribution in [0.5, 0.6) is 0 Å². The molecule has 2 aromatic rings. The number of urea groups is 1. The second-order valence-electron chi connectivity index (χ2n) is 7.74. The molecule has 0 spiro atoms. The fourth-order valence-corrected chi connectivity index (χ4v) is 6.07. The van der Waals surface area contributed by atoms with Crippen LogP contribution in [-0.2, 0) is 41.2 Å². The van der Waals surface area contributed by atoms with Crippen molar-refractivity contribution in [2.75, 3.05) is 11.9 Å². The molecule has 29 heavy (non-hydrogen) atoms. The van der Waals surface area contributed by atoms with Gasteiger partial charge in [-0.2, -0.15) is 0 Å². The molecule has 2 aliphatic rings. The van der Waals surface area contributed by atoms with Crippen LogP contribution >= 0.6 is 11.3 Å². The third-order valence-electron chi connectivity index (χ3n) is 5.46.